The van der Waals surface area contributed by atoms with Crippen LogP contribution in [0.15, 0.2) is 36.7 Å². The number of nitrogens with zero attached hydrogens (tertiary/aromatic N) is 1. The van der Waals surface area contributed by atoms with E-state index in [0.717, 1.165) is 18.4 Å². The molecule has 0 saturated heterocycles. The molecule has 0 amide bonds. The van der Waals surface area contributed by atoms with Crippen LogP contribution in [0.25, 0.3) is 0 Å². The molecule has 0 bridgehead atoms. The monoisotopic (exact) mass is 257 g/mol. The lowest BCUT2D eigenvalue weighted by Crippen LogP contribution is -2.29. The molecule has 0 spiro atoms. The van der Waals surface area contributed by atoms with Gasteiger partial charge in [-0.1, -0.05) is 18.2 Å². The van der Waals surface area contributed by atoms with E-state index in [0.29, 0.717) is 5.56 Å². The number of fused-ring (bicyclic) bond motifs is 1. The molecule has 0 radical (unpaired) electrons. The van der Waals surface area contributed by atoms with Crippen LogP contribution in [0.3, 0.4) is 0 Å². The summed E-state index contributed by atoms with van der Waals surface area (Å²) in [5.74, 6) is 5.27. The van der Waals surface area contributed by atoms with Crippen LogP contribution >= 0.6 is 0 Å². The molecule has 2 aromatic rings. The third kappa shape index (κ3) is 2.25. The second kappa shape index (κ2) is 5.07. The fraction of sp³-hybridized carbons (Fsp3) is 0.267. The van der Waals surface area contributed by atoms with Gasteiger partial charge >= 0.3 is 0 Å². The molecule has 0 fully saturated rings. The molecule has 3 nitrogen and oxygen atoms in total. The van der Waals surface area contributed by atoms with Crippen molar-refractivity contribution in [2.45, 2.75) is 25.3 Å². The third-order valence-corrected chi connectivity index (χ3v) is 3.74. The molecule has 1 aliphatic carbocycles. The Morgan fingerprint density at radius 3 is 2.84 bits per heavy atom. The number of aromatic nitrogens is 1. The van der Waals surface area contributed by atoms with E-state index in [1.807, 2.05) is 6.07 Å². The average molecular weight is 257 g/mol. The number of rotatable bonds is 3. The smallest absolute Gasteiger partial charge is 0.146 e. The lowest BCUT2D eigenvalue weighted by atomic mass is 9.96. The van der Waals surface area contributed by atoms with Gasteiger partial charge in [-0.25, -0.2) is 9.82 Å². The topological polar surface area (TPSA) is 50.9 Å². The number of pyridine rings is 1. The standard InChI is InChI=1S/C15H16FN3/c16-14-9-18-7-6-13(14)15(19-17)12-5-4-10-2-1-3-11(10)8-12/h4-9,15,19H,1-3,17H2. The molecule has 3 rings (SSSR count). The van der Waals surface area contributed by atoms with E-state index in [9.17, 15) is 4.39 Å². The van der Waals surface area contributed by atoms with Crippen LogP contribution in [-0.2, 0) is 12.8 Å². The van der Waals surface area contributed by atoms with Gasteiger partial charge in [0.25, 0.3) is 0 Å². The molecule has 3 N–H and O–H groups in total. The van der Waals surface area contributed by atoms with E-state index in [4.69, 9.17) is 5.84 Å². The Kier molecular flexibility index (Phi) is 3.27. The Bertz CT molecular complexity index is 598. The van der Waals surface area contributed by atoms with Gasteiger partial charge in [-0.3, -0.25) is 10.8 Å². The van der Waals surface area contributed by atoms with E-state index in [1.165, 1.54) is 23.7 Å². The number of benzene rings is 1. The molecule has 0 saturated carbocycles. The van der Waals surface area contributed by atoms with Crippen LogP contribution in [0, 0.1) is 5.82 Å². The minimum absolute atomic E-state index is 0.339. The number of hydrogen-bond donors (Lipinski definition) is 2. The predicted octanol–water partition coefficient (Wildman–Crippen LogP) is 2.26. The Morgan fingerprint density at radius 2 is 2.05 bits per heavy atom. The molecule has 98 valence electrons. The highest BCUT2D eigenvalue weighted by Gasteiger charge is 2.19. The second-order valence-electron chi connectivity index (χ2n) is 4.88. The van der Waals surface area contributed by atoms with Gasteiger partial charge in [0.15, 0.2) is 0 Å². The first kappa shape index (κ1) is 12.3. The summed E-state index contributed by atoms with van der Waals surface area (Å²) in [6, 6.07) is 7.60. The van der Waals surface area contributed by atoms with Crippen molar-refractivity contribution in [3.05, 3.63) is 64.7 Å². The average Bonchev–Trinajstić information content (AvgIpc) is 2.89. The van der Waals surface area contributed by atoms with Crippen molar-refractivity contribution in [1.29, 1.82) is 0 Å². The molecule has 1 atom stereocenters. The van der Waals surface area contributed by atoms with Gasteiger partial charge in [-0.2, -0.15) is 0 Å². The van der Waals surface area contributed by atoms with Gasteiger partial charge in [0.2, 0.25) is 0 Å². The molecule has 4 heteroatoms. The lowest BCUT2D eigenvalue weighted by Gasteiger charge is -2.18. The fourth-order valence-corrected chi connectivity index (χ4v) is 2.76. The van der Waals surface area contributed by atoms with Crippen molar-refractivity contribution in [3.8, 4) is 0 Å². The van der Waals surface area contributed by atoms with Crippen molar-refractivity contribution in [3.63, 3.8) is 0 Å². The zero-order chi connectivity index (χ0) is 13.2. The maximum atomic E-state index is 13.8. The minimum atomic E-state index is -0.342. The van der Waals surface area contributed by atoms with Crippen LogP contribution < -0.4 is 11.3 Å². The van der Waals surface area contributed by atoms with E-state index < -0.39 is 0 Å². The summed E-state index contributed by atoms with van der Waals surface area (Å²) in [6.07, 6.45) is 6.23. The van der Waals surface area contributed by atoms with Crippen LogP contribution in [0.5, 0.6) is 0 Å². The van der Waals surface area contributed by atoms with Crippen molar-refractivity contribution < 1.29 is 4.39 Å². The summed E-state index contributed by atoms with van der Waals surface area (Å²) in [5.41, 5.74) is 6.97. The summed E-state index contributed by atoms with van der Waals surface area (Å²) in [4.78, 5) is 3.77. The van der Waals surface area contributed by atoms with E-state index in [-0.39, 0.29) is 11.9 Å². The summed E-state index contributed by atoms with van der Waals surface area (Å²) in [5, 5.41) is 0. The number of halogens is 1. The summed E-state index contributed by atoms with van der Waals surface area (Å²) >= 11 is 0. The maximum Gasteiger partial charge on any atom is 0.146 e. The van der Waals surface area contributed by atoms with Crippen molar-refractivity contribution in [1.82, 2.24) is 10.4 Å². The summed E-state index contributed by atoms with van der Waals surface area (Å²) < 4.78 is 13.8. The van der Waals surface area contributed by atoms with Crippen molar-refractivity contribution in [2.24, 2.45) is 5.84 Å². The summed E-state index contributed by atoms with van der Waals surface area (Å²) in [7, 11) is 0. The number of nitrogens with two attached hydrogens (primary N) is 1. The van der Waals surface area contributed by atoms with Gasteiger partial charge < -0.3 is 0 Å². The largest absolute Gasteiger partial charge is 0.271 e. The zero-order valence-electron chi connectivity index (χ0n) is 10.6. The molecule has 1 aromatic carbocycles. The molecule has 0 aliphatic heterocycles. The second-order valence-corrected chi connectivity index (χ2v) is 4.88. The first-order valence-corrected chi connectivity index (χ1v) is 6.47. The Hall–Kier alpha value is -1.78. The van der Waals surface area contributed by atoms with Crippen LogP contribution in [-0.4, -0.2) is 4.98 Å². The summed E-state index contributed by atoms with van der Waals surface area (Å²) in [6.45, 7) is 0. The Morgan fingerprint density at radius 1 is 1.21 bits per heavy atom. The SMILES string of the molecule is NNC(c1ccc2c(c1)CCC2)c1ccncc1F. The van der Waals surface area contributed by atoms with E-state index in [1.54, 1.807) is 12.3 Å². The first-order chi connectivity index (χ1) is 9.29. The number of aryl methyl sites for hydroxylation is 2. The van der Waals surface area contributed by atoms with Crippen molar-refractivity contribution in [2.75, 3.05) is 0 Å². The van der Waals surface area contributed by atoms with Crippen molar-refractivity contribution >= 4 is 0 Å². The lowest BCUT2D eigenvalue weighted by molar-refractivity contribution is 0.555. The number of nitrogens with one attached hydrogen (secondary N) is 1. The number of hydrazine groups is 1. The molecule has 19 heavy (non-hydrogen) atoms. The molecular formula is C15H16FN3. The molecule has 1 heterocycles. The van der Waals surface area contributed by atoms with Gasteiger partial charge in [0, 0.05) is 11.8 Å². The van der Waals surface area contributed by atoms with E-state index in [2.05, 4.69) is 22.5 Å². The van der Waals surface area contributed by atoms with Crippen LogP contribution in [0.4, 0.5) is 4.39 Å². The maximum absolute atomic E-state index is 13.8. The van der Waals surface area contributed by atoms with E-state index >= 15 is 0 Å². The molecule has 1 unspecified atom stereocenters. The molecule has 1 aliphatic rings. The molecular weight excluding hydrogens is 241 g/mol. The number of hydrogen-bond acceptors (Lipinski definition) is 3. The van der Waals surface area contributed by atoms with Gasteiger partial charge in [-0.15, -0.1) is 0 Å². The highest BCUT2D eigenvalue weighted by molar-refractivity contribution is 5.40. The zero-order valence-corrected chi connectivity index (χ0v) is 10.6. The minimum Gasteiger partial charge on any atom is -0.271 e. The highest BCUT2D eigenvalue weighted by atomic mass is 19.1. The normalized spacial score (nSPS) is 15.3. The predicted molar refractivity (Wildman–Crippen MR) is 71.8 cm³/mol. The highest BCUT2D eigenvalue weighted by Crippen LogP contribution is 2.28. The molecule has 1 aromatic heterocycles. The Labute approximate surface area is 111 Å². The van der Waals surface area contributed by atoms with Crippen LogP contribution in [0.2, 0.25) is 0 Å². The van der Waals surface area contributed by atoms with Gasteiger partial charge in [0.05, 0.1) is 12.2 Å². The third-order valence-electron chi connectivity index (χ3n) is 3.74. The fourth-order valence-electron chi connectivity index (χ4n) is 2.76. The Balaban J connectivity index is 2.01. The first-order valence-electron chi connectivity index (χ1n) is 6.47. The van der Waals surface area contributed by atoms with Gasteiger partial charge in [0.1, 0.15) is 5.82 Å². The quantitative estimate of drug-likeness (QED) is 0.655. The van der Waals surface area contributed by atoms with Gasteiger partial charge in [-0.05, 0) is 42.0 Å². The van der Waals surface area contributed by atoms with Crippen LogP contribution in [0.1, 0.15) is 34.7 Å².